The molecule has 4 aliphatic carbocycles. The summed E-state index contributed by atoms with van der Waals surface area (Å²) in [6, 6.07) is 0. The minimum absolute atomic E-state index is 0. The van der Waals surface area contributed by atoms with Crippen LogP contribution in [-0.4, -0.2) is 45.2 Å². The Morgan fingerprint density at radius 3 is 2.59 bits per heavy atom. The first-order chi connectivity index (χ1) is 12.2. The fourth-order valence-electron chi connectivity index (χ4n) is 7.19. The van der Waals surface area contributed by atoms with Crippen LogP contribution in [-0.2, 0) is 14.4 Å². The van der Waals surface area contributed by atoms with E-state index >= 15 is 0 Å². The van der Waals surface area contributed by atoms with Crippen molar-refractivity contribution in [2.75, 3.05) is 0 Å². The van der Waals surface area contributed by atoms with Gasteiger partial charge in [0.05, 0.1) is 6.10 Å². The van der Waals surface area contributed by atoms with Crippen molar-refractivity contribution < 1.29 is 30.1 Å². The van der Waals surface area contributed by atoms with Crippen molar-refractivity contribution in [3.63, 3.8) is 0 Å². The van der Waals surface area contributed by atoms with Gasteiger partial charge in [-0.25, -0.2) is 0 Å². The van der Waals surface area contributed by atoms with Crippen molar-refractivity contribution in [2.45, 2.75) is 70.5 Å². The summed E-state index contributed by atoms with van der Waals surface area (Å²) in [4.78, 5) is 35.3. The van der Waals surface area contributed by atoms with Crippen LogP contribution in [0.3, 0.4) is 0 Å². The molecular formula is C21H30O6. The van der Waals surface area contributed by atoms with Crippen LogP contribution in [0, 0.1) is 28.6 Å². The van der Waals surface area contributed by atoms with Crippen LogP contribution in [0.1, 0.15) is 58.8 Å². The third-order valence-corrected chi connectivity index (χ3v) is 8.56. The lowest BCUT2D eigenvalue weighted by atomic mass is 9.45. The predicted octanol–water partition coefficient (Wildman–Crippen LogP) is 1.16. The van der Waals surface area contributed by atoms with Crippen molar-refractivity contribution >= 4 is 17.9 Å². The SMILES string of the molecule is CC12CCC(=O)C=C1CCC1C2C(O)CC2(C)C1CCC2(O)C(=O)C=O.O. The number of fused-ring (bicyclic) bond motifs is 5. The molecule has 6 heteroatoms. The zero-order chi connectivity index (χ0) is 18.9. The summed E-state index contributed by atoms with van der Waals surface area (Å²) in [5.41, 5.74) is -1.46. The molecule has 0 amide bonds. The van der Waals surface area contributed by atoms with Crippen LogP contribution in [0.5, 0.6) is 0 Å². The summed E-state index contributed by atoms with van der Waals surface area (Å²) in [6.07, 6.45) is 5.68. The summed E-state index contributed by atoms with van der Waals surface area (Å²) in [7, 11) is 0. The van der Waals surface area contributed by atoms with Crippen LogP contribution in [0.15, 0.2) is 11.6 Å². The van der Waals surface area contributed by atoms with E-state index in [9.17, 15) is 24.6 Å². The number of aliphatic hydroxyl groups is 2. The molecule has 0 aromatic heterocycles. The van der Waals surface area contributed by atoms with E-state index in [2.05, 4.69) is 6.92 Å². The summed E-state index contributed by atoms with van der Waals surface area (Å²) in [5.74, 6) is -0.215. The Balaban J connectivity index is 0.00000210. The zero-order valence-corrected chi connectivity index (χ0v) is 16.0. The van der Waals surface area contributed by atoms with Crippen LogP contribution in [0.25, 0.3) is 0 Å². The lowest BCUT2D eigenvalue weighted by Gasteiger charge is -2.60. The van der Waals surface area contributed by atoms with Crippen LogP contribution in [0.4, 0.5) is 0 Å². The van der Waals surface area contributed by atoms with Gasteiger partial charge in [-0.1, -0.05) is 19.4 Å². The largest absolute Gasteiger partial charge is 0.412 e. The number of carbonyl (C=O) groups is 3. The van der Waals surface area contributed by atoms with Gasteiger partial charge in [-0.2, -0.15) is 0 Å². The normalized spacial score (nSPS) is 48.4. The first kappa shape index (κ1) is 20.4. The van der Waals surface area contributed by atoms with Crippen LogP contribution >= 0.6 is 0 Å². The minimum Gasteiger partial charge on any atom is -0.412 e. The smallest absolute Gasteiger partial charge is 0.227 e. The highest BCUT2D eigenvalue weighted by molar-refractivity contribution is 6.29. The van der Waals surface area contributed by atoms with Gasteiger partial charge >= 0.3 is 0 Å². The van der Waals surface area contributed by atoms with E-state index < -0.39 is 22.9 Å². The lowest BCUT2D eigenvalue weighted by Crippen LogP contribution is -2.61. The molecule has 0 spiro atoms. The van der Waals surface area contributed by atoms with Crippen molar-refractivity contribution in [3.8, 4) is 0 Å². The molecule has 0 aliphatic heterocycles. The first-order valence-electron chi connectivity index (χ1n) is 9.81. The number of hydrogen-bond acceptors (Lipinski definition) is 5. The second-order valence-corrected chi connectivity index (χ2v) is 9.46. The Morgan fingerprint density at radius 2 is 1.93 bits per heavy atom. The quantitative estimate of drug-likeness (QED) is 0.551. The van der Waals surface area contributed by atoms with Crippen LogP contribution in [0.2, 0.25) is 0 Å². The Bertz CT molecular complexity index is 713. The molecule has 0 aromatic carbocycles. The molecule has 3 saturated carbocycles. The number of allylic oxidation sites excluding steroid dienone is 1. The first-order valence-corrected chi connectivity index (χ1v) is 9.81. The molecular weight excluding hydrogens is 348 g/mol. The van der Waals surface area contributed by atoms with E-state index in [1.807, 2.05) is 6.92 Å². The number of hydrogen-bond donors (Lipinski definition) is 2. The standard InChI is InChI=1S/C21H28O5.H2O/c1-19-7-5-13(23)9-12(19)3-4-14-15-6-8-21(26,17(25)11-22)20(15,2)10-16(24)18(14)19;/h9,11,14-16,18,24,26H,3-8,10H2,1-2H3;1H2. The van der Waals surface area contributed by atoms with Crippen molar-refractivity contribution in [3.05, 3.63) is 11.6 Å². The highest BCUT2D eigenvalue weighted by Crippen LogP contribution is 2.67. The number of rotatable bonds is 2. The topological polar surface area (TPSA) is 123 Å². The molecule has 0 saturated heterocycles. The Morgan fingerprint density at radius 1 is 1.22 bits per heavy atom. The Labute approximate surface area is 159 Å². The summed E-state index contributed by atoms with van der Waals surface area (Å²) < 4.78 is 0. The van der Waals surface area contributed by atoms with Crippen molar-refractivity contribution in [1.29, 1.82) is 0 Å². The van der Waals surface area contributed by atoms with Crippen molar-refractivity contribution in [2.24, 2.45) is 28.6 Å². The van der Waals surface area contributed by atoms with E-state index in [-0.39, 0.29) is 40.7 Å². The molecule has 4 rings (SSSR count). The average Bonchev–Trinajstić information content (AvgIpc) is 2.86. The fraction of sp³-hybridized carbons (Fsp3) is 0.762. The zero-order valence-electron chi connectivity index (χ0n) is 16.0. The Kier molecular flexibility index (Phi) is 4.77. The van der Waals surface area contributed by atoms with E-state index in [0.29, 0.717) is 25.7 Å². The van der Waals surface area contributed by atoms with E-state index in [4.69, 9.17) is 0 Å². The molecule has 4 N–H and O–H groups in total. The minimum atomic E-state index is -1.66. The van der Waals surface area contributed by atoms with Gasteiger partial charge in [0.25, 0.3) is 0 Å². The predicted molar refractivity (Wildman–Crippen MR) is 97.7 cm³/mol. The third-order valence-electron chi connectivity index (χ3n) is 8.56. The highest BCUT2D eigenvalue weighted by Gasteiger charge is 2.68. The molecule has 0 radical (unpaired) electrons. The Hall–Kier alpha value is -1.37. The second-order valence-electron chi connectivity index (χ2n) is 9.46. The number of aldehydes is 1. The van der Waals surface area contributed by atoms with Gasteiger partial charge in [0.15, 0.2) is 12.1 Å². The van der Waals surface area contributed by atoms with E-state index in [1.165, 1.54) is 0 Å². The average molecular weight is 378 g/mol. The molecule has 150 valence electrons. The van der Waals surface area contributed by atoms with Gasteiger partial charge in [-0.15, -0.1) is 0 Å². The maximum Gasteiger partial charge on any atom is 0.227 e. The summed E-state index contributed by atoms with van der Waals surface area (Å²) in [6.45, 7) is 4.05. The van der Waals surface area contributed by atoms with Gasteiger partial charge in [0, 0.05) is 11.8 Å². The maximum absolute atomic E-state index is 12.2. The van der Waals surface area contributed by atoms with Crippen LogP contribution < -0.4 is 0 Å². The highest BCUT2D eigenvalue weighted by atomic mass is 16.3. The monoisotopic (exact) mass is 378 g/mol. The molecule has 0 aromatic rings. The fourth-order valence-corrected chi connectivity index (χ4v) is 7.19. The van der Waals surface area contributed by atoms with Gasteiger partial charge in [-0.05, 0) is 67.8 Å². The lowest BCUT2D eigenvalue weighted by molar-refractivity contribution is -0.180. The van der Waals surface area contributed by atoms with E-state index in [0.717, 1.165) is 24.8 Å². The molecule has 0 bridgehead atoms. The molecule has 7 atom stereocenters. The van der Waals surface area contributed by atoms with Gasteiger partial charge in [0.1, 0.15) is 5.60 Å². The number of aliphatic hydroxyl groups excluding tert-OH is 1. The maximum atomic E-state index is 12.2. The summed E-state index contributed by atoms with van der Waals surface area (Å²) >= 11 is 0. The van der Waals surface area contributed by atoms with Gasteiger partial charge < -0.3 is 15.7 Å². The van der Waals surface area contributed by atoms with E-state index in [1.54, 1.807) is 6.08 Å². The molecule has 7 unspecified atom stereocenters. The number of ketones is 2. The van der Waals surface area contributed by atoms with Crippen molar-refractivity contribution in [1.82, 2.24) is 0 Å². The molecule has 4 aliphatic rings. The van der Waals surface area contributed by atoms with Gasteiger partial charge in [0.2, 0.25) is 5.78 Å². The molecule has 6 nitrogen and oxygen atoms in total. The van der Waals surface area contributed by atoms with Gasteiger partial charge in [-0.3, -0.25) is 14.4 Å². The molecule has 0 heterocycles. The number of carbonyl (C=O) groups excluding carboxylic acids is 3. The molecule has 3 fully saturated rings. The number of Topliss-reactive ketones (excluding diaryl/α,β-unsaturated/α-hetero) is 1. The molecule has 27 heavy (non-hydrogen) atoms. The summed E-state index contributed by atoms with van der Waals surface area (Å²) in [5, 5.41) is 22.3. The third kappa shape index (κ3) is 2.46. The second kappa shape index (κ2) is 6.33.